The average Bonchev–Trinajstić information content (AvgIpc) is 2.69. The first-order valence-corrected chi connectivity index (χ1v) is 10.0. The van der Waals surface area contributed by atoms with Gasteiger partial charge in [0.05, 0.1) is 37.1 Å². The van der Waals surface area contributed by atoms with E-state index >= 15 is 0 Å². The van der Waals surface area contributed by atoms with Crippen molar-refractivity contribution in [3.63, 3.8) is 0 Å². The van der Waals surface area contributed by atoms with E-state index in [4.69, 9.17) is 21.1 Å². The van der Waals surface area contributed by atoms with Gasteiger partial charge in [-0.3, -0.25) is 0 Å². The van der Waals surface area contributed by atoms with Crippen LogP contribution in [0.5, 0.6) is 11.5 Å². The second-order valence-corrected chi connectivity index (χ2v) is 9.23. The van der Waals surface area contributed by atoms with Crippen LogP contribution in [-0.4, -0.2) is 54.0 Å². The summed E-state index contributed by atoms with van der Waals surface area (Å²) in [7, 11) is -4.53. The smallest absolute Gasteiger partial charge is 0.244 e. The summed E-state index contributed by atoms with van der Waals surface area (Å²) in [5.74, 6) is -0.0336. The van der Waals surface area contributed by atoms with Crippen LogP contribution in [0.15, 0.2) is 23.1 Å². The third-order valence-corrected chi connectivity index (χ3v) is 7.15. The fraction of sp³-hybridized carbons (Fsp3) is 0.500. The summed E-state index contributed by atoms with van der Waals surface area (Å²) in [6.45, 7) is 0. The van der Waals surface area contributed by atoms with Crippen molar-refractivity contribution in [1.29, 1.82) is 0 Å². The van der Waals surface area contributed by atoms with Crippen molar-refractivity contribution in [2.75, 3.05) is 25.7 Å². The SMILES string of the molecule is COc1ccc(S(=O)(=O)N[C@H]2CS(=O)(=O)C[C@@H]2Cl)c(OC)c1. The van der Waals surface area contributed by atoms with Gasteiger partial charge in [0.1, 0.15) is 16.4 Å². The predicted molar refractivity (Wildman–Crippen MR) is 82.0 cm³/mol. The number of halogens is 1. The van der Waals surface area contributed by atoms with Gasteiger partial charge in [0.2, 0.25) is 10.0 Å². The number of benzene rings is 1. The molecule has 0 bridgehead atoms. The molecular weight excluding hydrogens is 354 g/mol. The van der Waals surface area contributed by atoms with E-state index in [0.29, 0.717) is 5.75 Å². The summed E-state index contributed by atoms with van der Waals surface area (Å²) >= 11 is 5.92. The molecule has 1 N–H and O–H groups in total. The summed E-state index contributed by atoms with van der Waals surface area (Å²) < 4.78 is 60.3. The highest BCUT2D eigenvalue weighted by atomic mass is 35.5. The molecule has 1 heterocycles. The lowest BCUT2D eigenvalue weighted by Gasteiger charge is -2.16. The van der Waals surface area contributed by atoms with E-state index in [2.05, 4.69) is 4.72 Å². The third kappa shape index (κ3) is 3.65. The Labute approximate surface area is 134 Å². The highest BCUT2D eigenvalue weighted by Crippen LogP contribution is 2.29. The predicted octanol–water partition coefficient (Wildman–Crippen LogP) is 0.387. The van der Waals surface area contributed by atoms with Crippen molar-refractivity contribution in [1.82, 2.24) is 4.72 Å². The quantitative estimate of drug-likeness (QED) is 0.754. The van der Waals surface area contributed by atoms with Crippen molar-refractivity contribution >= 4 is 31.5 Å². The Bertz CT molecular complexity index is 762. The third-order valence-electron chi connectivity index (χ3n) is 3.25. The van der Waals surface area contributed by atoms with Crippen LogP contribution in [0.1, 0.15) is 0 Å². The van der Waals surface area contributed by atoms with Gasteiger partial charge in [0.25, 0.3) is 0 Å². The minimum absolute atomic E-state index is 0.0961. The molecule has 1 fully saturated rings. The highest BCUT2D eigenvalue weighted by molar-refractivity contribution is 7.92. The van der Waals surface area contributed by atoms with Gasteiger partial charge in [-0.15, -0.1) is 11.6 Å². The Morgan fingerprint density at radius 2 is 1.91 bits per heavy atom. The van der Waals surface area contributed by atoms with Crippen molar-refractivity contribution in [3.8, 4) is 11.5 Å². The van der Waals surface area contributed by atoms with Crippen LogP contribution in [-0.2, 0) is 19.9 Å². The molecule has 0 unspecified atom stereocenters. The molecule has 0 spiro atoms. The van der Waals surface area contributed by atoms with Crippen molar-refractivity contribution < 1.29 is 26.3 Å². The summed E-state index contributed by atoms with van der Waals surface area (Å²) in [5.41, 5.74) is 0. The van der Waals surface area contributed by atoms with E-state index in [9.17, 15) is 16.8 Å². The van der Waals surface area contributed by atoms with Gasteiger partial charge in [-0.2, -0.15) is 0 Å². The lowest BCUT2D eigenvalue weighted by Crippen LogP contribution is -2.40. The molecule has 0 aliphatic carbocycles. The zero-order chi connectivity index (χ0) is 16.5. The molecule has 0 radical (unpaired) electrons. The van der Waals surface area contributed by atoms with Gasteiger partial charge >= 0.3 is 0 Å². The normalized spacial score (nSPS) is 24.1. The van der Waals surface area contributed by atoms with E-state index in [1.807, 2.05) is 0 Å². The molecule has 1 aromatic carbocycles. The van der Waals surface area contributed by atoms with Crippen molar-refractivity contribution in [2.45, 2.75) is 16.3 Å². The molecule has 0 aromatic heterocycles. The standard InChI is InChI=1S/C12H16ClNO6S2/c1-19-8-3-4-12(11(5-8)20-2)22(17,18)14-10-7-21(15,16)6-9(10)13/h3-5,9-10,14H,6-7H2,1-2H3/t9-,10-/m0/s1. The minimum atomic E-state index is -3.97. The molecular formula is C12H16ClNO6S2. The topological polar surface area (TPSA) is 98.8 Å². The van der Waals surface area contributed by atoms with Crippen LogP contribution in [0.25, 0.3) is 0 Å². The van der Waals surface area contributed by atoms with Gasteiger partial charge in [0.15, 0.2) is 9.84 Å². The lowest BCUT2D eigenvalue weighted by molar-refractivity contribution is 0.385. The number of rotatable bonds is 5. The number of alkyl halides is 1. The number of hydrogen-bond acceptors (Lipinski definition) is 6. The van der Waals surface area contributed by atoms with Gasteiger partial charge in [-0.1, -0.05) is 0 Å². The Kier molecular flexibility index (Phi) is 4.90. The second-order valence-electron chi connectivity index (χ2n) is 4.84. The number of sulfonamides is 1. The average molecular weight is 370 g/mol. The summed E-state index contributed by atoms with van der Waals surface area (Å²) in [6, 6.07) is 3.36. The van der Waals surface area contributed by atoms with Gasteiger partial charge in [-0.05, 0) is 12.1 Å². The first kappa shape index (κ1) is 17.3. The van der Waals surface area contributed by atoms with Crippen LogP contribution in [0.3, 0.4) is 0 Å². The number of hydrogen-bond donors (Lipinski definition) is 1. The maximum atomic E-state index is 12.4. The maximum absolute atomic E-state index is 12.4. The van der Waals surface area contributed by atoms with Crippen LogP contribution < -0.4 is 14.2 Å². The first-order chi connectivity index (χ1) is 10.2. The van der Waals surface area contributed by atoms with Gasteiger partial charge in [-0.25, -0.2) is 21.6 Å². The largest absolute Gasteiger partial charge is 0.497 e. The lowest BCUT2D eigenvalue weighted by atomic mass is 10.3. The first-order valence-electron chi connectivity index (χ1n) is 6.27. The summed E-state index contributed by atoms with van der Waals surface area (Å²) in [5, 5.41) is -0.802. The van der Waals surface area contributed by atoms with Crippen molar-refractivity contribution in [2.24, 2.45) is 0 Å². The molecule has 1 aliphatic rings. The number of ether oxygens (including phenoxy) is 2. The number of methoxy groups -OCH3 is 2. The zero-order valence-electron chi connectivity index (χ0n) is 11.9. The monoisotopic (exact) mass is 369 g/mol. The summed E-state index contributed by atoms with van der Waals surface area (Å²) in [4.78, 5) is -0.107. The number of nitrogens with one attached hydrogen (secondary N) is 1. The fourth-order valence-electron chi connectivity index (χ4n) is 2.17. The van der Waals surface area contributed by atoms with Crippen molar-refractivity contribution in [3.05, 3.63) is 18.2 Å². The van der Waals surface area contributed by atoms with Crippen LogP contribution in [0, 0.1) is 0 Å². The molecule has 2 rings (SSSR count). The van der Waals surface area contributed by atoms with E-state index in [-0.39, 0.29) is 22.2 Å². The Morgan fingerprint density at radius 1 is 1.23 bits per heavy atom. The molecule has 1 aliphatic heterocycles. The Balaban J connectivity index is 2.31. The molecule has 22 heavy (non-hydrogen) atoms. The van der Waals surface area contributed by atoms with Crippen LogP contribution in [0.2, 0.25) is 0 Å². The van der Waals surface area contributed by atoms with E-state index in [1.54, 1.807) is 0 Å². The number of sulfone groups is 1. The fourth-order valence-corrected chi connectivity index (χ4v) is 6.33. The highest BCUT2D eigenvalue weighted by Gasteiger charge is 2.39. The minimum Gasteiger partial charge on any atom is -0.497 e. The molecule has 0 saturated carbocycles. The maximum Gasteiger partial charge on any atom is 0.244 e. The molecule has 7 nitrogen and oxygen atoms in total. The Hall–Kier alpha value is -1.03. The van der Waals surface area contributed by atoms with Gasteiger partial charge in [0, 0.05) is 6.07 Å². The zero-order valence-corrected chi connectivity index (χ0v) is 14.3. The van der Waals surface area contributed by atoms with E-state index < -0.39 is 31.3 Å². The Morgan fingerprint density at radius 3 is 2.41 bits per heavy atom. The molecule has 0 amide bonds. The molecule has 2 atom stereocenters. The van der Waals surface area contributed by atoms with Crippen LogP contribution >= 0.6 is 11.6 Å². The molecule has 10 heteroatoms. The molecule has 124 valence electrons. The second kappa shape index (κ2) is 6.23. The molecule has 1 aromatic rings. The molecule has 1 saturated heterocycles. The van der Waals surface area contributed by atoms with Crippen LogP contribution in [0.4, 0.5) is 0 Å². The van der Waals surface area contributed by atoms with Gasteiger partial charge < -0.3 is 9.47 Å². The summed E-state index contributed by atoms with van der Waals surface area (Å²) in [6.07, 6.45) is 0. The van der Waals surface area contributed by atoms with E-state index in [1.165, 1.54) is 32.4 Å². The van der Waals surface area contributed by atoms with E-state index in [0.717, 1.165) is 0 Å².